The fourth-order valence-corrected chi connectivity index (χ4v) is 4.20. The third kappa shape index (κ3) is 3.35. The van der Waals surface area contributed by atoms with Crippen LogP contribution < -0.4 is 4.72 Å². The second-order valence-corrected chi connectivity index (χ2v) is 7.73. The molecule has 3 rings (SSSR count). The van der Waals surface area contributed by atoms with Gasteiger partial charge in [0.2, 0.25) is 0 Å². The molecule has 0 bridgehead atoms. The molecular formula is C16H21FN4O2S. The summed E-state index contributed by atoms with van der Waals surface area (Å²) in [4.78, 5) is 0. The van der Waals surface area contributed by atoms with E-state index in [-0.39, 0.29) is 12.4 Å². The summed E-state index contributed by atoms with van der Waals surface area (Å²) in [6, 6.07) is 6.04. The summed E-state index contributed by atoms with van der Waals surface area (Å²) in [5.74, 6) is -0.307. The van der Waals surface area contributed by atoms with Crippen LogP contribution in [0, 0.1) is 19.7 Å². The number of aryl methyl sites for hydroxylation is 1. The lowest BCUT2D eigenvalue weighted by molar-refractivity contribution is 0.464. The van der Waals surface area contributed by atoms with Gasteiger partial charge in [0.1, 0.15) is 5.82 Å². The van der Waals surface area contributed by atoms with E-state index >= 15 is 0 Å². The van der Waals surface area contributed by atoms with Gasteiger partial charge in [0.15, 0.2) is 0 Å². The lowest BCUT2D eigenvalue weighted by Gasteiger charge is -2.16. The number of halogens is 1. The Bertz CT molecular complexity index is 825. The van der Waals surface area contributed by atoms with Crippen LogP contribution >= 0.6 is 0 Å². The van der Waals surface area contributed by atoms with Gasteiger partial charge in [-0.25, -0.2) is 9.07 Å². The molecule has 2 heterocycles. The standard InChI is InChI=1S/C16H21FN4O2S/c1-12-16(11-18-24(22,23)20-9-3-4-10-20)13(2)21(19-12)15-7-5-14(17)6-8-15/h5-8,18H,3-4,9-11H2,1-2H3. The number of hydrogen-bond acceptors (Lipinski definition) is 3. The molecule has 1 aromatic carbocycles. The van der Waals surface area contributed by atoms with Gasteiger partial charge < -0.3 is 0 Å². The second-order valence-electron chi connectivity index (χ2n) is 5.97. The number of aromatic nitrogens is 2. The van der Waals surface area contributed by atoms with Gasteiger partial charge in [-0.15, -0.1) is 0 Å². The first-order chi connectivity index (χ1) is 11.4. The lowest BCUT2D eigenvalue weighted by atomic mass is 10.2. The van der Waals surface area contributed by atoms with Crippen LogP contribution in [-0.2, 0) is 16.8 Å². The maximum atomic E-state index is 13.1. The van der Waals surface area contributed by atoms with Crippen LogP contribution in [0.1, 0.15) is 29.8 Å². The topological polar surface area (TPSA) is 67.2 Å². The quantitative estimate of drug-likeness (QED) is 0.896. The first-order valence-electron chi connectivity index (χ1n) is 7.94. The minimum absolute atomic E-state index is 0.192. The molecule has 1 aliphatic heterocycles. The number of nitrogens with one attached hydrogen (secondary N) is 1. The Morgan fingerprint density at radius 3 is 2.42 bits per heavy atom. The van der Waals surface area contributed by atoms with E-state index in [9.17, 15) is 12.8 Å². The third-order valence-electron chi connectivity index (χ3n) is 4.35. The van der Waals surface area contributed by atoms with Crippen LogP contribution in [0.5, 0.6) is 0 Å². The Balaban J connectivity index is 1.80. The molecule has 0 amide bonds. The van der Waals surface area contributed by atoms with Crippen molar-refractivity contribution in [1.29, 1.82) is 0 Å². The molecule has 1 N–H and O–H groups in total. The number of nitrogens with zero attached hydrogens (tertiary/aromatic N) is 3. The molecule has 1 saturated heterocycles. The molecule has 0 aliphatic carbocycles. The van der Waals surface area contributed by atoms with E-state index in [2.05, 4.69) is 9.82 Å². The van der Waals surface area contributed by atoms with Gasteiger partial charge in [0.25, 0.3) is 10.2 Å². The molecule has 130 valence electrons. The van der Waals surface area contributed by atoms with Crippen molar-refractivity contribution >= 4 is 10.2 Å². The first kappa shape index (κ1) is 17.1. The van der Waals surface area contributed by atoms with Crippen molar-refractivity contribution < 1.29 is 12.8 Å². The summed E-state index contributed by atoms with van der Waals surface area (Å²) in [6.45, 7) is 5.05. The van der Waals surface area contributed by atoms with Crippen molar-refractivity contribution in [2.24, 2.45) is 0 Å². The highest BCUT2D eigenvalue weighted by Crippen LogP contribution is 2.19. The maximum Gasteiger partial charge on any atom is 0.279 e. The van der Waals surface area contributed by atoms with E-state index < -0.39 is 10.2 Å². The molecule has 0 saturated carbocycles. The summed E-state index contributed by atoms with van der Waals surface area (Å²) in [7, 11) is -3.46. The Kier molecular flexibility index (Phi) is 4.71. The van der Waals surface area contributed by atoms with E-state index in [0.29, 0.717) is 13.1 Å². The van der Waals surface area contributed by atoms with Gasteiger partial charge in [-0.3, -0.25) is 0 Å². The van der Waals surface area contributed by atoms with E-state index in [4.69, 9.17) is 0 Å². The minimum atomic E-state index is -3.46. The highest BCUT2D eigenvalue weighted by atomic mass is 32.2. The van der Waals surface area contributed by atoms with E-state index in [1.54, 1.807) is 16.8 Å². The molecule has 0 unspecified atom stereocenters. The molecule has 2 aromatic rings. The highest BCUT2D eigenvalue weighted by Gasteiger charge is 2.25. The van der Waals surface area contributed by atoms with Crippen molar-refractivity contribution in [3.05, 3.63) is 47.0 Å². The van der Waals surface area contributed by atoms with Crippen molar-refractivity contribution in [2.75, 3.05) is 13.1 Å². The van der Waals surface area contributed by atoms with Crippen molar-refractivity contribution in [1.82, 2.24) is 18.8 Å². The van der Waals surface area contributed by atoms with E-state index in [1.807, 2.05) is 13.8 Å². The van der Waals surface area contributed by atoms with Crippen molar-refractivity contribution in [3.63, 3.8) is 0 Å². The summed E-state index contributed by atoms with van der Waals surface area (Å²) in [5.41, 5.74) is 3.16. The molecule has 0 spiro atoms. The van der Waals surface area contributed by atoms with Gasteiger partial charge in [-0.2, -0.15) is 22.5 Å². The zero-order valence-corrected chi connectivity index (χ0v) is 14.6. The van der Waals surface area contributed by atoms with Crippen LogP contribution in [-0.4, -0.2) is 35.6 Å². The number of hydrogen-bond donors (Lipinski definition) is 1. The summed E-state index contributed by atoms with van der Waals surface area (Å²) in [6.07, 6.45) is 1.81. The van der Waals surface area contributed by atoms with Gasteiger partial charge in [-0.1, -0.05) is 0 Å². The lowest BCUT2D eigenvalue weighted by Crippen LogP contribution is -2.38. The van der Waals surface area contributed by atoms with Gasteiger partial charge in [-0.05, 0) is 51.0 Å². The smallest absolute Gasteiger partial charge is 0.238 e. The highest BCUT2D eigenvalue weighted by molar-refractivity contribution is 7.87. The molecule has 6 nitrogen and oxygen atoms in total. The Labute approximate surface area is 141 Å². The zero-order chi connectivity index (χ0) is 17.3. The minimum Gasteiger partial charge on any atom is -0.238 e. The number of benzene rings is 1. The molecule has 24 heavy (non-hydrogen) atoms. The molecule has 1 aliphatic rings. The molecule has 1 aromatic heterocycles. The normalized spacial score (nSPS) is 16.0. The second kappa shape index (κ2) is 6.62. The van der Waals surface area contributed by atoms with Gasteiger partial charge in [0, 0.05) is 30.9 Å². The summed E-state index contributed by atoms with van der Waals surface area (Å²) < 4.78 is 43.5. The van der Waals surface area contributed by atoms with Gasteiger partial charge in [0.05, 0.1) is 11.4 Å². The van der Waals surface area contributed by atoms with Crippen LogP contribution in [0.4, 0.5) is 4.39 Å². The van der Waals surface area contributed by atoms with E-state index in [0.717, 1.165) is 35.5 Å². The van der Waals surface area contributed by atoms with Crippen LogP contribution in [0.2, 0.25) is 0 Å². The third-order valence-corrected chi connectivity index (χ3v) is 5.90. The molecule has 8 heteroatoms. The molecule has 0 atom stereocenters. The first-order valence-corrected chi connectivity index (χ1v) is 9.38. The van der Waals surface area contributed by atoms with Crippen LogP contribution in [0.15, 0.2) is 24.3 Å². The Hall–Kier alpha value is -1.77. The Morgan fingerprint density at radius 2 is 1.79 bits per heavy atom. The largest absolute Gasteiger partial charge is 0.279 e. The fraction of sp³-hybridized carbons (Fsp3) is 0.438. The van der Waals surface area contributed by atoms with Crippen molar-refractivity contribution in [2.45, 2.75) is 33.2 Å². The number of rotatable bonds is 5. The predicted octanol–water partition coefficient (Wildman–Crippen LogP) is 2.06. The van der Waals surface area contributed by atoms with Gasteiger partial charge >= 0.3 is 0 Å². The summed E-state index contributed by atoms with van der Waals surface area (Å²) in [5, 5.41) is 4.45. The zero-order valence-electron chi connectivity index (χ0n) is 13.8. The maximum absolute atomic E-state index is 13.1. The molecular weight excluding hydrogens is 331 g/mol. The average Bonchev–Trinajstić information content (AvgIpc) is 3.16. The summed E-state index contributed by atoms with van der Waals surface area (Å²) >= 11 is 0. The molecule has 1 fully saturated rings. The fourth-order valence-electron chi connectivity index (χ4n) is 2.95. The predicted molar refractivity (Wildman–Crippen MR) is 89.6 cm³/mol. The Morgan fingerprint density at radius 1 is 1.17 bits per heavy atom. The van der Waals surface area contributed by atoms with Crippen molar-refractivity contribution in [3.8, 4) is 5.69 Å². The monoisotopic (exact) mass is 352 g/mol. The van der Waals surface area contributed by atoms with E-state index in [1.165, 1.54) is 16.4 Å². The van der Waals surface area contributed by atoms with Crippen LogP contribution in [0.25, 0.3) is 5.69 Å². The SMILES string of the molecule is Cc1nn(-c2ccc(F)cc2)c(C)c1CNS(=O)(=O)N1CCCC1. The average molecular weight is 352 g/mol. The molecule has 0 radical (unpaired) electrons. The van der Waals surface area contributed by atoms with Crippen LogP contribution in [0.3, 0.4) is 0 Å².